The molecule has 1 aromatic heterocycles. The lowest BCUT2D eigenvalue weighted by atomic mass is 9.92. The lowest BCUT2D eigenvalue weighted by Gasteiger charge is -2.34. The SMILES string of the molecule is CC1CC(C)CN(C(=O)c2ccc(COc3ccc4ccccc4c3)o2)C1. The van der Waals surface area contributed by atoms with Crippen molar-refractivity contribution < 1.29 is 13.9 Å². The number of carbonyl (C=O) groups excluding carboxylic acids is 1. The Morgan fingerprint density at radius 2 is 1.78 bits per heavy atom. The summed E-state index contributed by atoms with van der Waals surface area (Å²) in [6.07, 6.45) is 1.17. The van der Waals surface area contributed by atoms with Crippen LogP contribution in [0.5, 0.6) is 5.75 Å². The molecule has 140 valence electrons. The van der Waals surface area contributed by atoms with Crippen LogP contribution >= 0.6 is 0 Å². The van der Waals surface area contributed by atoms with Crippen molar-refractivity contribution in [2.24, 2.45) is 11.8 Å². The van der Waals surface area contributed by atoms with E-state index < -0.39 is 0 Å². The third-order valence-electron chi connectivity index (χ3n) is 5.13. The third kappa shape index (κ3) is 4.00. The van der Waals surface area contributed by atoms with Crippen molar-refractivity contribution in [3.05, 3.63) is 66.1 Å². The lowest BCUT2D eigenvalue weighted by molar-refractivity contribution is 0.0587. The standard InChI is InChI=1S/C23H25NO3/c1-16-11-17(2)14-24(13-16)23(25)22-10-9-21(27-22)15-26-20-8-7-18-5-3-4-6-19(18)12-20/h3-10,12,16-17H,11,13-15H2,1-2H3. The summed E-state index contributed by atoms with van der Waals surface area (Å²) >= 11 is 0. The number of benzene rings is 2. The minimum Gasteiger partial charge on any atom is -0.486 e. The number of likely N-dealkylation sites (tertiary alicyclic amines) is 1. The van der Waals surface area contributed by atoms with Crippen LogP contribution in [0.15, 0.2) is 59.0 Å². The molecule has 2 unspecified atom stereocenters. The number of furan rings is 1. The first kappa shape index (κ1) is 17.7. The van der Waals surface area contributed by atoms with Crippen LogP contribution in [0.4, 0.5) is 0 Å². The summed E-state index contributed by atoms with van der Waals surface area (Å²) in [7, 11) is 0. The minimum atomic E-state index is -0.0228. The molecule has 0 radical (unpaired) electrons. The van der Waals surface area contributed by atoms with Crippen molar-refractivity contribution >= 4 is 16.7 Å². The van der Waals surface area contributed by atoms with E-state index in [2.05, 4.69) is 26.0 Å². The molecule has 3 aromatic rings. The Hall–Kier alpha value is -2.75. The highest BCUT2D eigenvalue weighted by Gasteiger charge is 2.27. The van der Waals surface area contributed by atoms with E-state index in [-0.39, 0.29) is 5.91 Å². The molecular formula is C23H25NO3. The highest BCUT2D eigenvalue weighted by molar-refractivity contribution is 5.91. The first-order chi connectivity index (χ1) is 13.1. The van der Waals surface area contributed by atoms with Crippen LogP contribution in [0.3, 0.4) is 0 Å². The summed E-state index contributed by atoms with van der Waals surface area (Å²) in [5.41, 5.74) is 0. The number of fused-ring (bicyclic) bond motifs is 1. The van der Waals surface area contributed by atoms with E-state index in [1.54, 1.807) is 6.07 Å². The summed E-state index contributed by atoms with van der Waals surface area (Å²) in [6, 6.07) is 17.8. The molecule has 1 fully saturated rings. The molecule has 4 heteroatoms. The zero-order valence-corrected chi connectivity index (χ0v) is 15.9. The fourth-order valence-electron chi connectivity index (χ4n) is 3.97. The van der Waals surface area contributed by atoms with Crippen LogP contribution in [-0.2, 0) is 6.61 Å². The molecule has 4 rings (SSSR count). The quantitative estimate of drug-likeness (QED) is 0.645. The van der Waals surface area contributed by atoms with Crippen molar-refractivity contribution in [2.45, 2.75) is 26.9 Å². The Balaban J connectivity index is 1.40. The number of amides is 1. The lowest BCUT2D eigenvalue weighted by Crippen LogP contribution is -2.42. The number of piperidine rings is 1. The van der Waals surface area contributed by atoms with Gasteiger partial charge in [-0.3, -0.25) is 4.79 Å². The molecule has 4 nitrogen and oxygen atoms in total. The second-order valence-electron chi connectivity index (χ2n) is 7.72. The normalized spacial score (nSPS) is 20.0. The number of hydrogen-bond acceptors (Lipinski definition) is 3. The van der Waals surface area contributed by atoms with Gasteiger partial charge in [-0.1, -0.05) is 44.2 Å². The fraction of sp³-hybridized carbons (Fsp3) is 0.348. The van der Waals surface area contributed by atoms with E-state index in [9.17, 15) is 4.79 Å². The number of nitrogens with zero attached hydrogens (tertiary/aromatic N) is 1. The minimum absolute atomic E-state index is 0.0228. The van der Waals surface area contributed by atoms with E-state index in [1.165, 1.54) is 11.8 Å². The molecule has 0 aliphatic carbocycles. The average molecular weight is 363 g/mol. The Morgan fingerprint density at radius 1 is 1.04 bits per heavy atom. The van der Waals surface area contributed by atoms with Gasteiger partial charge in [0.25, 0.3) is 5.91 Å². The van der Waals surface area contributed by atoms with E-state index in [0.29, 0.717) is 30.0 Å². The molecule has 27 heavy (non-hydrogen) atoms. The van der Waals surface area contributed by atoms with Gasteiger partial charge in [-0.15, -0.1) is 0 Å². The zero-order chi connectivity index (χ0) is 18.8. The maximum atomic E-state index is 12.7. The van der Waals surface area contributed by atoms with Crippen molar-refractivity contribution in [1.29, 1.82) is 0 Å². The predicted molar refractivity (Wildman–Crippen MR) is 106 cm³/mol. The average Bonchev–Trinajstić information content (AvgIpc) is 3.14. The topological polar surface area (TPSA) is 42.7 Å². The van der Waals surface area contributed by atoms with Gasteiger partial charge < -0.3 is 14.1 Å². The van der Waals surface area contributed by atoms with Crippen molar-refractivity contribution in [3.63, 3.8) is 0 Å². The Labute approximate surface area is 159 Å². The summed E-state index contributed by atoms with van der Waals surface area (Å²) in [5.74, 6) is 2.88. The fourth-order valence-corrected chi connectivity index (χ4v) is 3.97. The molecule has 0 saturated carbocycles. The molecular weight excluding hydrogens is 338 g/mol. The van der Waals surface area contributed by atoms with Crippen LogP contribution < -0.4 is 4.74 Å². The Bertz CT molecular complexity index is 935. The van der Waals surface area contributed by atoms with Gasteiger partial charge >= 0.3 is 0 Å². The van der Waals surface area contributed by atoms with Crippen molar-refractivity contribution in [3.8, 4) is 5.75 Å². The second kappa shape index (κ2) is 7.47. The number of carbonyl (C=O) groups is 1. The number of rotatable bonds is 4. The molecule has 1 aliphatic heterocycles. The van der Waals surface area contributed by atoms with Gasteiger partial charge in [-0.25, -0.2) is 0 Å². The summed E-state index contributed by atoms with van der Waals surface area (Å²) in [5, 5.41) is 2.32. The summed E-state index contributed by atoms with van der Waals surface area (Å²) < 4.78 is 11.6. The van der Waals surface area contributed by atoms with Gasteiger partial charge in [0.1, 0.15) is 18.1 Å². The van der Waals surface area contributed by atoms with E-state index in [4.69, 9.17) is 9.15 Å². The zero-order valence-electron chi connectivity index (χ0n) is 15.9. The van der Waals surface area contributed by atoms with Gasteiger partial charge in [-0.05, 0) is 53.3 Å². The van der Waals surface area contributed by atoms with E-state index in [0.717, 1.165) is 24.2 Å². The highest BCUT2D eigenvalue weighted by atomic mass is 16.5. The van der Waals surface area contributed by atoms with Gasteiger partial charge in [0.2, 0.25) is 0 Å². The molecule has 2 aromatic carbocycles. The molecule has 1 aliphatic rings. The van der Waals surface area contributed by atoms with Crippen LogP contribution in [0, 0.1) is 11.8 Å². The first-order valence-electron chi connectivity index (χ1n) is 9.58. The Kier molecular flexibility index (Phi) is 4.88. The molecule has 0 N–H and O–H groups in total. The monoisotopic (exact) mass is 363 g/mol. The molecule has 0 spiro atoms. The summed E-state index contributed by atoms with van der Waals surface area (Å²) in [4.78, 5) is 14.6. The van der Waals surface area contributed by atoms with Crippen LogP contribution in [0.1, 0.15) is 36.6 Å². The summed E-state index contributed by atoms with van der Waals surface area (Å²) in [6.45, 7) is 6.29. The molecule has 0 bridgehead atoms. The van der Waals surface area contributed by atoms with E-state index in [1.807, 2.05) is 41.3 Å². The van der Waals surface area contributed by atoms with Crippen LogP contribution in [-0.4, -0.2) is 23.9 Å². The largest absolute Gasteiger partial charge is 0.486 e. The third-order valence-corrected chi connectivity index (χ3v) is 5.13. The first-order valence-corrected chi connectivity index (χ1v) is 9.58. The van der Waals surface area contributed by atoms with Gasteiger partial charge in [-0.2, -0.15) is 0 Å². The van der Waals surface area contributed by atoms with Gasteiger partial charge in [0.15, 0.2) is 5.76 Å². The van der Waals surface area contributed by atoms with Crippen molar-refractivity contribution in [1.82, 2.24) is 4.90 Å². The van der Waals surface area contributed by atoms with Crippen LogP contribution in [0.2, 0.25) is 0 Å². The molecule has 1 amide bonds. The highest BCUT2D eigenvalue weighted by Crippen LogP contribution is 2.24. The Morgan fingerprint density at radius 3 is 2.56 bits per heavy atom. The van der Waals surface area contributed by atoms with E-state index >= 15 is 0 Å². The molecule has 2 heterocycles. The number of hydrogen-bond donors (Lipinski definition) is 0. The van der Waals surface area contributed by atoms with Crippen molar-refractivity contribution in [2.75, 3.05) is 13.1 Å². The van der Waals surface area contributed by atoms with Gasteiger partial charge in [0.05, 0.1) is 0 Å². The van der Waals surface area contributed by atoms with Crippen LogP contribution in [0.25, 0.3) is 10.8 Å². The van der Waals surface area contributed by atoms with Gasteiger partial charge in [0, 0.05) is 13.1 Å². The smallest absolute Gasteiger partial charge is 0.289 e. The predicted octanol–water partition coefficient (Wildman–Crippen LogP) is 5.13. The maximum absolute atomic E-state index is 12.7. The molecule has 2 atom stereocenters. The molecule has 1 saturated heterocycles. The second-order valence-corrected chi connectivity index (χ2v) is 7.72. The maximum Gasteiger partial charge on any atom is 0.289 e. The number of ether oxygens (including phenoxy) is 1.